The van der Waals surface area contributed by atoms with E-state index >= 15 is 0 Å². The Hall–Kier alpha value is -1.26. The molecule has 86 valence electrons. The van der Waals surface area contributed by atoms with E-state index in [1.54, 1.807) is 4.90 Å². The Kier molecular flexibility index (Phi) is 3.21. The topological polar surface area (TPSA) is 69.6 Å². The molecule has 1 aliphatic rings. The molecule has 5 heteroatoms. The summed E-state index contributed by atoms with van der Waals surface area (Å²) in [6.45, 7) is 6.14. The first-order valence-corrected chi connectivity index (χ1v) is 5.15. The fourth-order valence-electron chi connectivity index (χ4n) is 1.81. The van der Waals surface area contributed by atoms with Crippen LogP contribution in [0.3, 0.4) is 0 Å². The fourth-order valence-corrected chi connectivity index (χ4v) is 1.81. The number of rotatable bonds is 2. The molecule has 15 heavy (non-hydrogen) atoms. The third-order valence-electron chi connectivity index (χ3n) is 2.86. The highest BCUT2D eigenvalue weighted by atomic mass is 16.4. The summed E-state index contributed by atoms with van der Waals surface area (Å²) in [6, 6.07) is -1.12. The lowest BCUT2D eigenvalue weighted by Gasteiger charge is -2.32. The molecule has 1 fully saturated rings. The van der Waals surface area contributed by atoms with Crippen molar-refractivity contribution in [3.05, 3.63) is 0 Å². The van der Waals surface area contributed by atoms with Gasteiger partial charge in [0, 0.05) is 12.1 Å². The summed E-state index contributed by atoms with van der Waals surface area (Å²) in [7, 11) is 0. The highest BCUT2D eigenvalue weighted by Crippen LogP contribution is 2.27. The van der Waals surface area contributed by atoms with Crippen LogP contribution in [0.2, 0.25) is 0 Å². The zero-order valence-corrected chi connectivity index (χ0v) is 9.41. The van der Waals surface area contributed by atoms with Gasteiger partial charge in [0.1, 0.15) is 6.04 Å². The molecule has 1 aliphatic heterocycles. The molecular weight excluding hydrogens is 196 g/mol. The van der Waals surface area contributed by atoms with Crippen molar-refractivity contribution in [1.29, 1.82) is 0 Å². The summed E-state index contributed by atoms with van der Waals surface area (Å²) in [4.78, 5) is 24.0. The molecular formula is C10H18N2O3. The Labute approximate surface area is 89.4 Å². The normalized spacial score (nSPS) is 21.1. The molecule has 0 unspecified atom stereocenters. The molecule has 1 saturated heterocycles. The minimum Gasteiger partial charge on any atom is -0.480 e. The second kappa shape index (κ2) is 4.08. The van der Waals surface area contributed by atoms with Gasteiger partial charge in [-0.05, 0) is 33.6 Å². The van der Waals surface area contributed by atoms with Gasteiger partial charge in [-0.3, -0.25) is 4.79 Å². The first-order chi connectivity index (χ1) is 6.84. The van der Waals surface area contributed by atoms with Crippen molar-refractivity contribution in [3.63, 3.8) is 0 Å². The average molecular weight is 214 g/mol. The Bertz CT molecular complexity index is 276. The lowest BCUT2D eigenvalue weighted by Crippen LogP contribution is -2.51. The van der Waals surface area contributed by atoms with E-state index in [1.807, 2.05) is 13.8 Å². The minimum absolute atomic E-state index is 0.164. The summed E-state index contributed by atoms with van der Waals surface area (Å²) in [6.07, 6.45) is 1.93. The van der Waals surface area contributed by atoms with Gasteiger partial charge in [0.25, 0.3) is 0 Å². The Morgan fingerprint density at radius 2 is 2.07 bits per heavy atom. The number of carboxylic acids is 1. The van der Waals surface area contributed by atoms with Gasteiger partial charge in [0.2, 0.25) is 0 Å². The van der Waals surface area contributed by atoms with Crippen molar-refractivity contribution in [1.82, 2.24) is 10.2 Å². The van der Waals surface area contributed by atoms with Gasteiger partial charge in [0.05, 0.1) is 0 Å². The van der Waals surface area contributed by atoms with E-state index in [-0.39, 0.29) is 11.6 Å². The summed E-state index contributed by atoms with van der Waals surface area (Å²) in [5, 5.41) is 11.1. The van der Waals surface area contributed by atoms with Gasteiger partial charge in [0.15, 0.2) is 0 Å². The van der Waals surface area contributed by atoms with Crippen molar-refractivity contribution in [3.8, 4) is 0 Å². The van der Waals surface area contributed by atoms with Crippen molar-refractivity contribution >= 4 is 12.0 Å². The van der Waals surface area contributed by atoms with E-state index in [9.17, 15) is 9.59 Å². The van der Waals surface area contributed by atoms with Crippen LogP contribution in [0.5, 0.6) is 0 Å². The molecule has 0 spiro atoms. The van der Waals surface area contributed by atoms with Crippen molar-refractivity contribution < 1.29 is 14.7 Å². The quantitative estimate of drug-likeness (QED) is 0.721. The maximum atomic E-state index is 11.7. The number of carboxylic acid groups (broad SMARTS) is 1. The van der Waals surface area contributed by atoms with Crippen LogP contribution in [-0.2, 0) is 4.79 Å². The second-order valence-electron chi connectivity index (χ2n) is 4.58. The molecule has 1 atom stereocenters. The fraction of sp³-hybridized carbons (Fsp3) is 0.800. The van der Waals surface area contributed by atoms with Crippen LogP contribution in [-0.4, -0.2) is 40.1 Å². The van der Waals surface area contributed by atoms with E-state index in [4.69, 9.17) is 5.11 Å². The van der Waals surface area contributed by atoms with Crippen molar-refractivity contribution in [2.45, 2.75) is 45.2 Å². The van der Waals surface area contributed by atoms with Crippen molar-refractivity contribution in [2.24, 2.45) is 0 Å². The molecule has 0 radical (unpaired) electrons. The van der Waals surface area contributed by atoms with Gasteiger partial charge in [-0.1, -0.05) is 0 Å². The predicted octanol–water partition coefficient (Wildman–Crippen LogP) is 1.04. The van der Waals surface area contributed by atoms with E-state index < -0.39 is 12.0 Å². The standard InChI is InChI=1S/C10H18N2O3/c1-7(8(13)14)11-9(15)12-6-4-5-10(12,2)3/h7H,4-6H2,1-3H3,(H,11,15)(H,13,14)/t7-/m1/s1. The zero-order chi connectivity index (χ0) is 11.6. The maximum absolute atomic E-state index is 11.7. The van der Waals surface area contributed by atoms with Crippen molar-refractivity contribution in [2.75, 3.05) is 6.54 Å². The number of hydrogen-bond acceptors (Lipinski definition) is 2. The Balaban J connectivity index is 2.58. The number of nitrogens with zero attached hydrogens (tertiary/aromatic N) is 1. The number of carbonyl (C=O) groups is 2. The van der Waals surface area contributed by atoms with Gasteiger partial charge in [-0.2, -0.15) is 0 Å². The van der Waals surface area contributed by atoms with Crippen LogP contribution < -0.4 is 5.32 Å². The second-order valence-corrected chi connectivity index (χ2v) is 4.58. The van der Waals surface area contributed by atoms with Crippen LogP contribution in [0, 0.1) is 0 Å². The van der Waals surface area contributed by atoms with E-state index in [0.29, 0.717) is 6.54 Å². The molecule has 0 bridgehead atoms. The molecule has 0 aromatic carbocycles. The Morgan fingerprint density at radius 1 is 1.47 bits per heavy atom. The summed E-state index contributed by atoms with van der Waals surface area (Å²) in [5.74, 6) is -1.01. The molecule has 5 nitrogen and oxygen atoms in total. The summed E-state index contributed by atoms with van der Waals surface area (Å²) < 4.78 is 0. The predicted molar refractivity (Wildman–Crippen MR) is 55.6 cm³/mol. The molecule has 2 N–H and O–H groups in total. The number of aliphatic carboxylic acids is 1. The average Bonchev–Trinajstić information content (AvgIpc) is 2.44. The summed E-state index contributed by atoms with van der Waals surface area (Å²) in [5.41, 5.74) is -0.164. The first-order valence-electron chi connectivity index (χ1n) is 5.15. The van der Waals surface area contributed by atoms with Crippen LogP contribution in [0.4, 0.5) is 4.79 Å². The number of nitrogens with one attached hydrogen (secondary N) is 1. The lowest BCUT2D eigenvalue weighted by atomic mass is 10.0. The monoisotopic (exact) mass is 214 g/mol. The van der Waals surface area contributed by atoms with E-state index in [1.165, 1.54) is 6.92 Å². The van der Waals surface area contributed by atoms with Gasteiger partial charge < -0.3 is 15.3 Å². The molecule has 0 aromatic rings. The maximum Gasteiger partial charge on any atom is 0.325 e. The van der Waals surface area contributed by atoms with Crippen LogP contribution >= 0.6 is 0 Å². The Morgan fingerprint density at radius 3 is 2.47 bits per heavy atom. The molecule has 1 rings (SSSR count). The largest absolute Gasteiger partial charge is 0.480 e. The highest BCUT2D eigenvalue weighted by Gasteiger charge is 2.36. The van der Waals surface area contributed by atoms with Crippen LogP contribution in [0.15, 0.2) is 0 Å². The van der Waals surface area contributed by atoms with Gasteiger partial charge in [-0.15, -0.1) is 0 Å². The number of carbonyl (C=O) groups excluding carboxylic acids is 1. The van der Waals surface area contributed by atoms with Crippen LogP contribution in [0.25, 0.3) is 0 Å². The molecule has 0 saturated carbocycles. The number of hydrogen-bond donors (Lipinski definition) is 2. The van der Waals surface area contributed by atoms with Gasteiger partial charge in [-0.25, -0.2) is 4.79 Å². The number of amides is 2. The summed E-state index contributed by atoms with van der Waals surface area (Å²) >= 11 is 0. The third-order valence-corrected chi connectivity index (χ3v) is 2.86. The molecule has 1 heterocycles. The number of urea groups is 1. The lowest BCUT2D eigenvalue weighted by molar-refractivity contribution is -0.138. The zero-order valence-electron chi connectivity index (χ0n) is 9.41. The molecule has 0 aromatic heterocycles. The first kappa shape index (κ1) is 11.8. The molecule has 0 aliphatic carbocycles. The molecule has 2 amide bonds. The SMILES string of the molecule is C[C@@H](NC(=O)N1CCCC1(C)C)C(=O)O. The van der Waals surface area contributed by atoms with E-state index in [2.05, 4.69) is 5.32 Å². The van der Waals surface area contributed by atoms with Gasteiger partial charge >= 0.3 is 12.0 Å². The smallest absolute Gasteiger partial charge is 0.325 e. The third kappa shape index (κ3) is 2.61. The highest BCUT2D eigenvalue weighted by molar-refractivity contribution is 5.82. The number of likely N-dealkylation sites (tertiary alicyclic amines) is 1. The van der Waals surface area contributed by atoms with Crippen LogP contribution in [0.1, 0.15) is 33.6 Å². The van der Waals surface area contributed by atoms with E-state index in [0.717, 1.165) is 12.8 Å². The minimum atomic E-state index is -1.01.